The van der Waals surface area contributed by atoms with Gasteiger partial charge in [-0.1, -0.05) is 11.8 Å². The second-order valence-electron chi connectivity index (χ2n) is 2.67. The second-order valence-corrected chi connectivity index (χ2v) is 2.67. The molecule has 0 spiro atoms. The van der Waals surface area contributed by atoms with Crippen LogP contribution in [-0.4, -0.2) is 32.9 Å². The molecule has 0 aliphatic heterocycles. The Kier molecular flexibility index (Phi) is 3.85. The van der Waals surface area contributed by atoms with E-state index in [-0.39, 0.29) is 19.0 Å². The van der Waals surface area contributed by atoms with Crippen molar-refractivity contribution in [1.29, 1.82) is 0 Å². The first-order valence-electron chi connectivity index (χ1n) is 4.07. The van der Waals surface area contributed by atoms with E-state index in [2.05, 4.69) is 21.8 Å². The Hall–Kier alpha value is -1.64. The van der Waals surface area contributed by atoms with E-state index < -0.39 is 6.10 Å². The number of hydrogen-bond acceptors (Lipinski definition) is 5. The lowest BCUT2D eigenvalue weighted by atomic mass is 10.2. The van der Waals surface area contributed by atoms with Gasteiger partial charge in [0, 0.05) is 18.8 Å². The second kappa shape index (κ2) is 5.17. The summed E-state index contributed by atoms with van der Waals surface area (Å²) in [4.78, 5) is 7.50. The lowest BCUT2D eigenvalue weighted by Crippen LogP contribution is -2.09. The summed E-state index contributed by atoms with van der Waals surface area (Å²) in [5.41, 5.74) is 5.91. The number of aliphatic hydroxyl groups excluding tert-OH is 2. The SMILES string of the molecule is Nc1ncc(C#CCC(O)CO)cn1. The molecule has 1 heterocycles. The van der Waals surface area contributed by atoms with E-state index >= 15 is 0 Å². The van der Waals surface area contributed by atoms with Crippen molar-refractivity contribution in [2.45, 2.75) is 12.5 Å². The van der Waals surface area contributed by atoms with Gasteiger partial charge >= 0.3 is 0 Å². The molecule has 0 bridgehead atoms. The zero-order valence-corrected chi connectivity index (χ0v) is 7.51. The van der Waals surface area contributed by atoms with Gasteiger partial charge in [-0.3, -0.25) is 0 Å². The molecule has 1 rings (SSSR count). The van der Waals surface area contributed by atoms with Gasteiger partial charge in [0.1, 0.15) is 0 Å². The fraction of sp³-hybridized carbons (Fsp3) is 0.333. The van der Waals surface area contributed by atoms with E-state index in [1.165, 1.54) is 12.4 Å². The summed E-state index contributed by atoms with van der Waals surface area (Å²) in [6.07, 6.45) is 2.43. The molecule has 0 aromatic carbocycles. The van der Waals surface area contributed by atoms with E-state index in [4.69, 9.17) is 15.9 Å². The third-order valence-corrected chi connectivity index (χ3v) is 1.45. The van der Waals surface area contributed by atoms with E-state index in [9.17, 15) is 0 Å². The molecule has 0 radical (unpaired) electrons. The van der Waals surface area contributed by atoms with Gasteiger partial charge in [0.05, 0.1) is 18.3 Å². The van der Waals surface area contributed by atoms with Crippen LogP contribution in [0, 0.1) is 11.8 Å². The molecule has 0 saturated carbocycles. The van der Waals surface area contributed by atoms with Gasteiger partial charge < -0.3 is 15.9 Å². The Morgan fingerprint density at radius 2 is 2.07 bits per heavy atom. The van der Waals surface area contributed by atoms with Crippen LogP contribution < -0.4 is 5.73 Å². The predicted molar refractivity (Wildman–Crippen MR) is 51.0 cm³/mol. The molecule has 1 atom stereocenters. The highest BCUT2D eigenvalue weighted by molar-refractivity contribution is 5.32. The van der Waals surface area contributed by atoms with Crippen molar-refractivity contribution >= 4 is 5.95 Å². The number of nitrogen functional groups attached to an aromatic ring is 1. The summed E-state index contributed by atoms with van der Waals surface area (Å²) in [6.45, 7) is -0.285. The van der Waals surface area contributed by atoms with Crippen molar-refractivity contribution in [3.63, 3.8) is 0 Å². The molecule has 1 aromatic heterocycles. The fourth-order valence-corrected chi connectivity index (χ4v) is 0.738. The minimum absolute atomic E-state index is 0.200. The van der Waals surface area contributed by atoms with Gasteiger partial charge in [-0.05, 0) is 0 Å². The highest BCUT2D eigenvalue weighted by Gasteiger charge is 1.96. The van der Waals surface area contributed by atoms with Crippen molar-refractivity contribution in [2.75, 3.05) is 12.3 Å². The molecule has 74 valence electrons. The van der Waals surface area contributed by atoms with Gasteiger partial charge in [0.2, 0.25) is 5.95 Å². The molecule has 14 heavy (non-hydrogen) atoms. The van der Waals surface area contributed by atoms with Gasteiger partial charge in [0.25, 0.3) is 0 Å². The average Bonchev–Trinajstić information content (AvgIpc) is 2.21. The van der Waals surface area contributed by atoms with E-state index in [0.29, 0.717) is 5.56 Å². The van der Waals surface area contributed by atoms with Crippen LogP contribution in [0.3, 0.4) is 0 Å². The topological polar surface area (TPSA) is 92.3 Å². The molecule has 1 aromatic rings. The monoisotopic (exact) mass is 193 g/mol. The Labute approximate surface area is 81.6 Å². The molecular weight excluding hydrogens is 182 g/mol. The van der Waals surface area contributed by atoms with Gasteiger partial charge in [-0.15, -0.1) is 0 Å². The van der Waals surface area contributed by atoms with E-state index in [1.54, 1.807) is 0 Å². The molecule has 0 aliphatic carbocycles. The maximum absolute atomic E-state index is 8.98. The van der Waals surface area contributed by atoms with Crippen molar-refractivity contribution in [3.05, 3.63) is 18.0 Å². The van der Waals surface area contributed by atoms with Crippen LogP contribution in [0.5, 0.6) is 0 Å². The van der Waals surface area contributed by atoms with Crippen LogP contribution in [0.2, 0.25) is 0 Å². The zero-order chi connectivity index (χ0) is 10.4. The minimum atomic E-state index is -0.794. The molecule has 5 nitrogen and oxygen atoms in total. The zero-order valence-electron chi connectivity index (χ0n) is 7.51. The largest absolute Gasteiger partial charge is 0.394 e. The number of nitrogens with two attached hydrogens (primary N) is 1. The Morgan fingerprint density at radius 1 is 1.43 bits per heavy atom. The maximum Gasteiger partial charge on any atom is 0.219 e. The molecule has 0 saturated heterocycles. The quantitative estimate of drug-likeness (QED) is 0.532. The Balaban J connectivity index is 2.55. The number of anilines is 1. The average molecular weight is 193 g/mol. The molecule has 1 unspecified atom stereocenters. The molecule has 0 aliphatic rings. The van der Waals surface area contributed by atoms with Crippen molar-refractivity contribution in [3.8, 4) is 11.8 Å². The highest BCUT2D eigenvalue weighted by Crippen LogP contribution is 1.95. The molecule has 0 amide bonds. The number of hydrogen-bond donors (Lipinski definition) is 3. The summed E-state index contributed by atoms with van der Waals surface area (Å²) < 4.78 is 0. The van der Waals surface area contributed by atoms with Crippen LogP contribution in [0.25, 0.3) is 0 Å². The first-order chi connectivity index (χ1) is 6.72. The lowest BCUT2D eigenvalue weighted by molar-refractivity contribution is 0.0992. The van der Waals surface area contributed by atoms with Crippen LogP contribution >= 0.6 is 0 Å². The number of aliphatic hydroxyl groups is 2. The summed E-state index contributed by atoms with van der Waals surface area (Å²) in [5.74, 6) is 5.63. The first kappa shape index (κ1) is 10.4. The minimum Gasteiger partial charge on any atom is -0.394 e. The summed E-state index contributed by atoms with van der Waals surface area (Å²) >= 11 is 0. The number of nitrogens with zero attached hydrogens (tertiary/aromatic N) is 2. The summed E-state index contributed by atoms with van der Waals surface area (Å²) in [5, 5.41) is 17.5. The van der Waals surface area contributed by atoms with Crippen LogP contribution in [0.15, 0.2) is 12.4 Å². The van der Waals surface area contributed by atoms with Gasteiger partial charge in [-0.2, -0.15) is 0 Å². The lowest BCUT2D eigenvalue weighted by Gasteiger charge is -1.98. The molecule has 5 heteroatoms. The number of aromatic nitrogens is 2. The van der Waals surface area contributed by atoms with Gasteiger partial charge in [0.15, 0.2) is 0 Å². The van der Waals surface area contributed by atoms with Gasteiger partial charge in [-0.25, -0.2) is 9.97 Å². The summed E-state index contributed by atoms with van der Waals surface area (Å²) in [7, 11) is 0. The Bertz CT molecular complexity index is 339. The van der Waals surface area contributed by atoms with Crippen LogP contribution in [0.4, 0.5) is 5.95 Å². The Morgan fingerprint density at radius 3 is 2.64 bits per heavy atom. The van der Waals surface area contributed by atoms with Crippen molar-refractivity contribution in [1.82, 2.24) is 9.97 Å². The fourth-order valence-electron chi connectivity index (χ4n) is 0.738. The normalized spacial score (nSPS) is 11.6. The third kappa shape index (κ3) is 3.39. The maximum atomic E-state index is 8.98. The van der Waals surface area contributed by atoms with Crippen molar-refractivity contribution < 1.29 is 10.2 Å². The molecule has 0 fully saturated rings. The third-order valence-electron chi connectivity index (χ3n) is 1.45. The predicted octanol–water partition coefficient (Wildman–Crippen LogP) is -0.846. The standard InChI is InChI=1S/C9H11N3O2/c10-9-11-4-7(5-12-9)2-1-3-8(14)6-13/h4-5,8,13-14H,3,6H2,(H2,10,11,12). The molecule has 4 N–H and O–H groups in total. The molecular formula is C9H11N3O2. The van der Waals surface area contributed by atoms with E-state index in [1.807, 2.05) is 0 Å². The highest BCUT2D eigenvalue weighted by atomic mass is 16.3. The summed E-state index contributed by atoms with van der Waals surface area (Å²) in [6, 6.07) is 0. The number of rotatable bonds is 2. The van der Waals surface area contributed by atoms with E-state index in [0.717, 1.165) is 0 Å². The van der Waals surface area contributed by atoms with Crippen LogP contribution in [-0.2, 0) is 0 Å². The van der Waals surface area contributed by atoms with Crippen molar-refractivity contribution in [2.24, 2.45) is 0 Å². The van der Waals surface area contributed by atoms with Crippen LogP contribution in [0.1, 0.15) is 12.0 Å². The smallest absolute Gasteiger partial charge is 0.219 e. The first-order valence-corrected chi connectivity index (χ1v) is 4.07.